The van der Waals surface area contributed by atoms with Crippen LogP contribution in [-0.4, -0.2) is 38.3 Å². The number of nitrogens with one attached hydrogen (secondary N) is 1. The van der Waals surface area contributed by atoms with Crippen molar-refractivity contribution in [3.63, 3.8) is 0 Å². The Kier molecular flexibility index (Phi) is 5.78. The third-order valence-corrected chi connectivity index (χ3v) is 4.51. The number of aryl methyl sites for hydroxylation is 2. The maximum absolute atomic E-state index is 12.4. The zero-order valence-electron chi connectivity index (χ0n) is 15.6. The molecule has 1 amide bonds. The van der Waals surface area contributed by atoms with E-state index in [4.69, 9.17) is 9.47 Å². The average Bonchev–Trinajstić information content (AvgIpc) is 2.65. The molecule has 2 aromatic carbocycles. The molecule has 26 heavy (non-hydrogen) atoms. The lowest BCUT2D eigenvalue weighted by molar-refractivity contribution is -0.122. The number of anilines is 2. The van der Waals surface area contributed by atoms with Crippen LogP contribution in [0.15, 0.2) is 42.5 Å². The Hall–Kier alpha value is -2.53. The smallest absolute Gasteiger partial charge is 0.265 e. The number of rotatable bonds is 5. The van der Waals surface area contributed by atoms with Crippen LogP contribution in [0.1, 0.15) is 18.1 Å². The molecule has 1 fully saturated rings. The van der Waals surface area contributed by atoms with Crippen molar-refractivity contribution in [3.05, 3.63) is 53.6 Å². The Morgan fingerprint density at radius 3 is 2.46 bits per heavy atom. The van der Waals surface area contributed by atoms with E-state index in [0.717, 1.165) is 49.0 Å². The molecule has 138 valence electrons. The summed E-state index contributed by atoms with van der Waals surface area (Å²) in [7, 11) is 0. The SMILES string of the molecule is Cc1ccc(OC(C)C(=O)Nc2ccc(N3CCOCC3)cc2)c(C)c1. The number of benzene rings is 2. The third kappa shape index (κ3) is 4.55. The molecule has 0 aromatic heterocycles. The molecule has 0 bridgehead atoms. The van der Waals surface area contributed by atoms with Crippen molar-refractivity contribution in [1.82, 2.24) is 0 Å². The molecule has 0 aliphatic carbocycles. The topological polar surface area (TPSA) is 50.8 Å². The van der Waals surface area contributed by atoms with Crippen molar-refractivity contribution in [2.24, 2.45) is 0 Å². The van der Waals surface area contributed by atoms with Gasteiger partial charge in [0.1, 0.15) is 5.75 Å². The van der Waals surface area contributed by atoms with Crippen molar-refractivity contribution in [1.29, 1.82) is 0 Å². The molecule has 1 unspecified atom stereocenters. The van der Waals surface area contributed by atoms with Crippen LogP contribution in [0.4, 0.5) is 11.4 Å². The fraction of sp³-hybridized carbons (Fsp3) is 0.381. The molecular weight excluding hydrogens is 328 g/mol. The maximum Gasteiger partial charge on any atom is 0.265 e. The molecule has 5 nitrogen and oxygen atoms in total. The maximum atomic E-state index is 12.4. The molecule has 0 radical (unpaired) electrons. The molecule has 0 spiro atoms. The second kappa shape index (κ2) is 8.23. The first kappa shape index (κ1) is 18.3. The Labute approximate surface area is 154 Å². The first-order valence-electron chi connectivity index (χ1n) is 9.00. The summed E-state index contributed by atoms with van der Waals surface area (Å²) in [4.78, 5) is 14.7. The van der Waals surface area contributed by atoms with Crippen molar-refractivity contribution >= 4 is 17.3 Å². The molecule has 1 N–H and O–H groups in total. The van der Waals surface area contributed by atoms with E-state index in [1.807, 2.05) is 56.3 Å². The van der Waals surface area contributed by atoms with Gasteiger partial charge >= 0.3 is 0 Å². The number of nitrogens with zero attached hydrogens (tertiary/aromatic N) is 1. The molecule has 1 saturated heterocycles. The van der Waals surface area contributed by atoms with Crippen LogP contribution in [0, 0.1) is 13.8 Å². The lowest BCUT2D eigenvalue weighted by atomic mass is 10.1. The van der Waals surface area contributed by atoms with Gasteiger partial charge in [-0.2, -0.15) is 0 Å². The van der Waals surface area contributed by atoms with E-state index in [1.54, 1.807) is 6.92 Å². The molecule has 3 rings (SSSR count). The Morgan fingerprint density at radius 1 is 1.12 bits per heavy atom. The highest BCUT2D eigenvalue weighted by molar-refractivity contribution is 5.94. The van der Waals surface area contributed by atoms with Gasteiger partial charge in [-0.1, -0.05) is 17.7 Å². The quantitative estimate of drug-likeness (QED) is 0.892. The Bertz CT molecular complexity index is 752. The Balaban J connectivity index is 1.58. The van der Waals surface area contributed by atoms with E-state index < -0.39 is 6.10 Å². The van der Waals surface area contributed by atoms with Gasteiger partial charge in [-0.15, -0.1) is 0 Å². The summed E-state index contributed by atoms with van der Waals surface area (Å²) in [5, 5.41) is 2.92. The first-order chi connectivity index (χ1) is 12.5. The normalized spacial score (nSPS) is 15.4. The van der Waals surface area contributed by atoms with Crippen molar-refractivity contribution in [3.8, 4) is 5.75 Å². The third-order valence-electron chi connectivity index (χ3n) is 4.51. The monoisotopic (exact) mass is 354 g/mol. The summed E-state index contributed by atoms with van der Waals surface area (Å²) in [6, 6.07) is 13.8. The summed E-state index contributed by atoms with van der Waals surface area (Å²) >= 11 is 0. The van der Waals surface area contributed by atoms with Gasteiger partial charge in [0.25, 0.3) is 5.91 Å². The Morgan fingerprint density at radius 2 is 1.81 bits per heavy atom. The number of hydrogen-bond acceptors (Lipinski definition) is 4. The van der Waals surface area contributed by atoms with E-state index in [2.05, 4.69) is 10.2 Å². The van der Waals surface area contributed by atoms with Gasteiger partial charge in [0.2, 0.25) is 0 Å². The lowest BCUT2D eigenvalue weighted by Gasteiger charge is -2.29. The fourth-order valence-electron chi connectivity index (χ4n) is 3.00. The summed E-state index contributed by atoms with van der Waals surface area (Å²) < 4.78 is 11.2. The highest BCUT2D eigenvalue weighted by Crippen LogP contribution is 2.22. The van der Waals surface area contributed by atoms with Gasteiger partial charge in [0.15, 0.2) is 6.10 Å². The van der Waals surface area contributed by atoms with Gasteiger partial charge < -0.3 is 19.7 Å². The number of carbonyl (C=O) groups excluding carboxylic acids is 1. The average molecular weight is 354 g/mol. The molecule has 5 heteroatoms. The fourth-order valence-corrected chi connectivity index (χ4v) is 3.00. The summed E-state index contributed by atoms with van der Waals surface area (Å²) in [5.41, 5.74) is 4.11. The summed E-state index contributed by atoms with van der Waals surface area (Å²) in [6.07, 6.45) is -0.574. The van der Waals surface area contributed by atoms with Crippen LogP contribution in [0.2, 0.25) is 0 Å². The van der Waals surface area contributed by atoms with Crippen LogP contribution >= 0.6 is 0 Å². The molecule has 2 aromatic rings. The molecule has 0 saturated carbocycles. The number of carbonyl (C=O) groups is 1. The minimum absolute atomic E-state index is 0.163. The molecule has 1 aliphatic rings. The number of amides is 1. The van der Waals surface area contributed by atoms with Gasteiger partial charge in [-0.05, 0) is 56.7 Å². The van der Waals surface area contributed by atoms with E-state index in [-0.39, 0.29) is 5.91 Å². The van der Waals surface area contributed by atoms with Gasteiger partial charge in [-0.25, -0.2) is 0 Å². The van der Waals surface area contributed by atoms with Crippen LogP contribution in [0.3, 0.4) is 0 Å². The van der Waals surface area contributed by atoms with E-state index >= 15 is 0 Å². The zero-order chi connectivity index (χ0) is 18.5. The standard InChI is InChI=1S/C21H26N2O3/c1-15-4-9-20(16(2)14-15)26-17(3)21(24)22-18-5-7-19(8-6-18)23-10-12-25-13-11-23/h4-9,14,17H,10-13H2,1-3H3,(H,22,24). The van der Waals surface area contributed by atoms with Crippen LogP contribution in [-0.2, 0) is 9.53 Å². The van der Waals surface area contributed by atoms with Gasteiger partial charge in [-0.3, -0.25) is 4.79 Å². The first-order valence-corrected chi connectivity index (χ1v) is 9.00. The largest absolute Gasteiger partial charge is 0.481 e. The van der Waals surface area contributed by atoms with Gasteiger partial charge in [0, 0.05) is 24.5 Å². The highest BCUT2D eigenvalue weighted by Gasteiger charge is 2.16. The predicted octanol–water partition coefficient (Wildman–Crippen LogP) is 3.55. The number of ether oxygens (including phenoxy) is 2. The van der Waals surface area contributed by atoms with Crippen LogP contribution in [0.25, 0.3) is 0 Å². The van der Waals surface area contributed by atoms with Crippen LogP contribution in [0.5, 0.6) is 5.75 Å². The molecule has 1 aliphatic heterocycles. The predicted molar refractivity (Wildman–Crippen MR) is 104 cm³/mol. The van der Waals surface area contributed by atoms with E-state index in [1.165, 1.54) is 5.56 Å². The lowest BCUT2D eigenvalue weighted by Crippen LogP contribution is -2.36. The minimum Gasteiger partial charge on any atom is -0.481 e. The molecule has 1 atom stereocenters. The van der Waals surface area contributed by atoms with Crippen LogP contribution < -0.4 is 15.0 Å². The van der Waals surface area contributed by atoms with Crippen molar-refractivity contribution < 1.29 is 14.3 Å². The summed E-state index contributed by atoms with van der Waals surface area (Å²) in [5.74, 6) is 0.574. The zero-order valence-corrected chi connectivity index (χ0v) is 15.6. The minimum atomic E-state index is -0.574. The highest BCUT2D eigenvalue weighted by atomic mass is 16.5. The van der Waals surface area contributed by atoms with E-state index in [0.29, 0.717) is 0 Å². The van der Waals surface area contributed by atoms with E-state index in [9.17, 15) is 4.79 Å². The molecule has 1 heterocycles. The summed E-state index contributed by atoms with van der Waals surface area (Å²) in [6.45, 7) is 9.08. The number of hydrogen-bond donors (Lipinski definition) is 1. The molecular formula is C21H26N2O3. The number of morpholine rings is 1. The second-order valence-electron chi connectivity index (χ2n) is 6.66. The van der Waals surface area contributed by atoms with Gasteiger partial charge in [0.05, 0.1) is 13.2 Å². The second-order valence-corrected chi connectivity index (χ2v) is 6.66. The van der Waals surface area contributed by atoms with Crippen molar-refractivity contribution in [2.45, 2.75) is 26.9 Å². The van der Waals surface area contributed by atoms with Crippen molar-refractivity contribution in [2.75, 3.05) is 36.5 Å².